The monoisotopic (exact) mass is 512 g/mol. The Balaban J connectivity index is 1.42. The predicted molar refractivity (Wildman–Crippen MR) is 125 cm³/mol. The first-order chi connectivity index (χ1) is 16.3. The number of nitrogens with zero attached hydrogens (tertiary/aromatic N) is 7. The number of fused-ring (bicyclic) bond motifs is 2. The van der Waals surface area contributed by atoms with Gasteiger partial charge in [0.25, 0.3) is 0 Å². The molecule has 3 aromatic rings. The minimum absolute atomic E-state index is 0.117. The van der Waals surface area contributed by atoms with Crippen molar-refractivity contribution in [3.63, 3.8) is 0 Å². The smallest absolute Gasteiger partial charge is 0.352 e. The summed E-state index contributed by atoms with van der Waals surface area (Å²) in [5.74, 6) is 1.73. The molecule has 1 amide bonds. The molecule has 2 aliphatic heterocycles. The number of rotatable bonds is 7. The van der Waals surface area contributed by atoms with Gasteiger partial charge >= 0.3 is 6.18 Å². The van der Waals surface area contributed by atoms with Crippen LogP contribution in [0.2, 0.25) is 0 Å². The summed E-state index contributed by atoms with van der Waals surface area (Å²) in [6.07, 6.45) is -2.62. The van der Waals surface area contributed by atoms with Gasteiger partial charge in [-0.1, -0.05) is 13.3 Å². The van der Waals surface area contributed by atoms with Gasteiger partial charge in [-0.2, -0.15) is 18.2 Å². The van der Waals surface area contributed by atoms with Gasteiger partial charge in [-0.3, -0.25) is 4.79 Å². The van der Waals surface area contributed by atoms with E-state index in [1.807, 2.05) is 4.90 Å². The van der Waals surface area contributed by atoms with Gasteiger partial charge in [-0.25, -0.2) is 4.98 Å². The van der Waals surface area contributed by atoms with Crippen molar-refractivity contribution in [1.82, 2.24) is 29.6 Å². The largest absolute Gasteiger partial charge is 0.451 e. The van der Waals surface area contributed by atoms with E-state index in [0.717, 1.165) is 27.6 Å². The Labute approximate surface area is 201 Å². The number of carbonyl (C=O) groups is 1. The van der Waals surface area contributed by atoms with Gasteiger partial charge in [0.05, 0.1) is 23.6 Å². The fraction of sp³-hybridized carbons (Fsp3) is 0.550. The van der Waals surface area contributed by atoms with Crippen LogP contribution >= 0.6 is 23.1 Å². The molecule has 0 aliphatic carbocycles. The quantitative estimate of drug-likeness (QED) is 0.516. The van der Waals surface area contributed by atoms with E-state index in [1.54, 1.807) is 28.0 Å². The molecule has 0 aromatic carbocycles. The van der Waals surface area contributed by atoms with Gasteiger partial charge in [0.2, 0.25) is 17.7 Å². The number of aromatic nitrogens is 5. The summed E-state index contributed by atoms with van der Waals surface area (Å²) in [6.45, 7) is 3.81. The van der Waals surface area contributed by atoms with E-state index >= 15 is 0 Å². The minimum atomic E-state index is -4.54. The van der Waals surface area contributed by atoms with Crippen LogP contribution in [0, 0.1) is 0 Å². The lowest BCUT2D eigenvalue weighted by molar-refractivity contribution is -0.147. The summed E-state index contributed by atoms with van der Waals surface area (Å²) in [5, 5.41) is 11.3. The first-order valence-electron chi connectivity index (χ1n) is 11.0. The van der Waals surface area contributed by atoms with Gasteiger partial charge in [0.15, 0.2) is 5.82 Å². The van der Waals surface area contributed by atoms with Gasteiger partial charge in [-0.15, -0.1) is 33.3 Å². The van der Waals surface area contributed by atoms with E-state index in [2.05, 4.69) is 33.5 Å². The number of thioether (sulfide) groups is 1. The summed E-state index contributed by atoms with van der Waals surface area (Å²) in [4.78, 5) is 27.0. The van der Waals surface area contributed by atoms with E-state index in [4.69, 9.17) is 4.98 Å². The third kappa shape index (κ3) is 4.52. The van der Waals surface area contributed by atoms with Crippen molar-refractivity contribution in [3.8, 4) is 0 Å². The Hall–Kier alpha value is -2.61. The Kier molecular flexibility index (Phi) is 6.27. The maximum absolute atomic E-state index is 13.2. The van der Waals surface area contributed by atoms with Crippen molar-refractivity contribution in [2.75, 3.05) is 41.5 Å². The van der Waals surface area contributed by atoms with E-state index in [-0.39, 0.29) is 24.8 Å². The fourth-order valence-corrected chi connectivity index (χ4v) is 6.16. The van der Waals surface area contributed by atoms with Crippen LogP contribution in [-0.2, 0) is 30.5 Å². The normalized spacial score (nSPS) is 16.5. The highest BCUT2D eigenvalue weighted by atomic mass is 32.2. The zero-order chi connectivity index (χ0) is 23.9. The molecule has 14 heteroatoms. The lowest BCUT2D eigenvalue weighted by Gasteiger charge is -2.29. The second-order valence-electron chi connectivity index (χ2n) is 8.12. The van der Waals surface area contributed by atoms with Gasteiger partial charge < -0.3 is 19.7 Å². The number of halogens is 3. The Morgan fingerprint density at radius 1 is 1.21 bits per heavy atom. The average Bonchev–Trinajstić information content (AvgIpc) is 3.50. The summed E-state index contributed by atoms with van der Waals surface area (Å²) in [6, 6.07) is 2.07. The summed E-state index contributed by atoms with van der Waals surface area (Å²) in [7, 11) is 0. The second kappa shape index (κ2) is 9.21. The fourth-order valence-electron chi connectivity index (χ4n) is 4.09. The highest BCUT2D eigenvalue weighted by molar-refractivity contribution is 8.00. The van der Waals surface area contributed by atoms with Gasteiger partial charge in [0, 0.05) is 31.1 Å². The number of alkyl halides is 3. The summed E-state index contributed by atoms with van der Waals surface area (Å²) in [5.41, 5.74) is 0. The molecule has 5 rings (SSSR count). The number of nitrogens with one attached hydrogen (secondary N) is 1. The molecule has 0 radical (unpaired) electrons. The lowest BCUT2D eigenvalue weighted by atomic mass is 10.2. The third-order valence-electron chi connectivity index (χ3n) is 5.72. The molecule has 3 aromatic heterocycles. The average molecular weight is 513 g/mol. The predicted octanol–water partition coefficient (Wildman–Crippen LogP) is 3.22. The maximum Gasteiger partial charge on any atom is 0.451 e. The van der Waals surface area contributed by atoms with E-state index < -0.39 is 12.0 Å². The van der Waals surface area contributed by atoms with Gasteiger partial charge in [-0.05, 0) is 12.5 Å². The standard InChI is InChI=1S/C20H23F3N8OS2/c1-2-3-12-8-13-16(29-6-7-31-14(9-29)27-28-18(31)20(21,22)23)25-19(26-17(13)34-12)24-4-5-30-11-33-10-15(30)32/h8H,2-7,9-11H2,1H3,(H,24,25,26). The van der Waals surface area contributed by atoms with Crippen molar-refractivity contribution in [2.24, 2.45) is 0 Å². The number of amides is 1. The van der Waals surface area contributed by atoms with Crippen LogP contribution in [0.15, 0.2) is 6.07 Å². The first-order valence-corrected chi connectivity index (χ1v) is 12.9. The molecular weight excluding hydrogens is 489 g/mol. The van der Waals surface area contributed by atoms with Crippen LogP contribution in [-0.4, -0.2) is 66.8 Å². The molecule has 0 spiro atoms. The first kappa shape index (κ1) is 23.1. The van der Waals surface area contributed by atoms with Crippen molar-refractivity contribution >= 4 is 51.0 Å². The number of carbonyl (C=O) groups excluding carboxylic acids is 1. The Morgan fingerprint density at radius 2 is 2.06 bits per heavy atom. The molecule has 34 heavy (non-hydrogen) atoms. The highest BCUT2D eigenvalue weighted by Gasteiger charge is 2.39. The van der Waals surface area contributed by atoms with Crippen LogP contribution in [0.4, 0.5) is 24.9 Å². The maximum atomic E-state index is 13.2. The topological polar surface area (TPSA) is 92.1 Å². The number of aryl methyl sites for hydroxylation is 1. The lowest BCUT2D eigenvalue weighted by Crippen LogP contribution is -2.36. The Morgan fingerprint density at radius 3 is 2.79 bits per heavy atom. The SMILES string of the molecule is CCCc1cc2c(N3CCn4c(nnc4C(F)(F)F)C3)nc(NCCN3CSCC3=O)nc2s1. The molecule has 1 N–H and O–H groups in total. The second-order valence-corrected chi connectivity index (χ2v) is 10.2. The molecule has 5 heterocycles. The molecule has 0 atom stereocenters. The van der Waals surface area contributed by atoms with Crippen molar-refractivity contribution in [3.05, 3.63) is 22.6 Å². The van der Waals surface area contributed by atoms with E-state index in [0.29, 0.717) is 43.0 Å². The summed E-state index contributed by atoms with van der Waals surface area (Å²) < 4.78 is 40.8. The molecular formula is C20H23F3N8OS2. The van der Waals surface area contributed by atoms with Crippen molar-refractivity contribution in [1.29, 1.82) is 0 Å². The number of anilines is 2. The van der Waals surface area contributed by atoms with Crippen LogP contribution < -0.4 is 10.2 Å². The molecule has 0 saturated carbocycles. The highest BCUT2D eigenvalue weighted by Crippen LogP contribution is 2.35. The Bertz CT molecular complexity index is 1210. The molecule has 1 saturated heterocycles. The number of hydrogen-bond acceptors (Lipinski definition) is 9. The minimum Gasteiger partial charge on any atom is -0.352 e. The molecule has 182 valence electrons. The molecule has 2 aliphatic rings. The van der Waals surface area contributed by atoms with Crippen molar-refractivity contribution < 1.29 is 18.0 Å². The number of thiophene rings is 1. The molecule has 9 nitrogen and oxygen atoms in total. The molecule has 1 fully saturated rings. The zero-order valence-corrected chi connectivity index (χ0v) is 20.1. The van der Waals surface area contributed by atoms with Crippen LogP contribution in [0.1, 0.15) is 29.9 Å². The van der Waals surface area contributed by atoms with Crippen LogP contribution in [0.5, 0.6) is 0 Å². The van der Waals surface area contributed by atoms with E-state index in [9.17, 15) is 18.0 Å². The van der Waals surface area contributed by atoms with Gasteiger partial charge in [0.1, 0.15) is 10.6 Å². The molecule has 0 unspecified atom stereocenters. The zero-order valence-electron chi connectivity index (χ0n) is 18.4. The molecule has 0 bridgehead atoms. The van der Waals surface area contributed by atoms with E-state index in [1.165, 1.54) is 4.88 Å². The summed E-state index contributed by atoms with van der Waals surface area (Å²) >= 11 is 3.19. The van der Waals surface area contributed by atoms with Crippen LogP contribution in [0.3, 0.4) is 0 Å². The third-order valence-corrected chi connectivity index (χ3v) is 7.75. The van der Waals surface area contributed by atoms with Crippen molar-refractivity contribution in [2.45, 2.75) is 39.0 Å². The number of hydrogen-bond donors (Lipinski definition) is 1. The van der Waals surface area contributed by atoms with Crippen LogP contribution in [0.25, 0.3) is 10.2 Å².